The van der Waals surface area contributed by atoms with Crippen LogP contribution in [-0.4, -0.2) is 65.2 Å². The van der Waals surface area contributed by atoms with Gasteiger partial charge in [-0.05, 0) is 32.1 Å². The number of amides is 2. The van der Waals surface area contributed by atoms with Gasteiger partial charge >= 0.3 is 5.97 Å². The number of rotatable bonds is 12. The number of aliphatic hydroxyl groups excluding tert-OH is 2. The fourth-order valence-electron chi connectivity index (χ4n) is 3.65. The van der Waals surface area contributed by atoms with Crippen molar-refractivity contribution in [3.63, 3.8) is 0 Å². The van der Waals surface area contributed by atoms with Gasteiger partial charge < -0.3 is 30.4 Å². The van der Waals surface area contributed by atoms with Crippen molar-refractivity contribution in [2.75, 3.05) is 6.54 Å². The van der Waals surface area contributed by atoms with Gasteiger partial charge in [-0.3, -0.25) is 14.4 Å². The highest BCUT2D eigenvalue weighted by molar-refractivity contribution is 5.95. The van der Waals surface area contributed by atoms with Crippen LogP contribution in [0.1, 0.15) is 73.1 Å². The molecule has 9 nitrogen and oxygen atoms in total. The fraction of sp³-hybridized carbons (Fsp3) is 0.760. The first-order valence-electron chi connectivity index (χ1n) is 12.1. The van der Waals surface area contributed by atoms with Crippen molar-refractivity contribution >= 4 is 24.1 Å². The van der Waals surface area contributed by atoms with E-state index >= 15 is 0 Å². The molecule has 0 aromatic carbocycles. The van der Waals surface area contributed by atoms with Gasteiger partial charge in [-0.1, -0.05) is 52.2 Å². The van der Waals surface area contributed by atoms with Crippen molar-refractivity contribution < 1.29 is 34.1 Å². The maximum atomic E-state index is 12.4. The number of hydrogen-bond donors (Lipinski definition) is 4. The van der Waals surface area contributed by atoms with E-state index in [2.05, 4.69) is 10.6 Å². The number of nitrogens with one attached hydrogen (secondary N) is 2. The molecule has 1 aliphatic rings. The molecule has 34 heavy (non-hydrogen) atoms. The Hall–Kier alpha value is -2.26. The maximum Gasteiger partial charge on any atom is 0.309 e. The quantitative estimate of drug-likeness (QED) is 0.143. The Morgan fingerprint density at radius 3 is 2.24 bits per heavy atom. The molecule has 0 spiro atoms. The van der Waals surface area contributed by atoms with Crippen LogP contribution in [0.5, 0.6) is 0 Å². The molecule has 1 unspecified atom stereocenters. The third-order valence-corrected chi connectivity index (χ3v) is 5.74. The van der Waals surface area contributed by atoms with Gasteiger partial charge in [0.2, 0.25) is 11.8 Å². The lowest BCUT2D eigenvalue weighted by atomic mass is 9.89. The van der Waals surface area contributed by atoms with Crippen LogP contribution >= 0.6 is 0 Å². The van der Waals surface area contributed by atoms with E-state index in [9.17, 15) is 29.4 Å². The standard InChI is InChI=1S/C25H42N2O7/c1-16(34-24(33)18-9-7-6-8-10-18)14-26-22(31)17(2)27-23(32)20(15-28)21(30)13-19(29)11-12-25(3,4)5/h11-12,15-21,29-30H,6-10,13-14H2,1-5H3,(H,26,31)(H,27,32)/b12-11+/t16?,17-,19+,20+,21+/m0/s1. The number of aldehydes is 1. The second-order valence-electron chi connectivity index (χ2n) is 10.3. The molecule has 0 bridgehead atoms. The van der Waals surface area contributed by atoms with E-state index in [1.807, 2.05) is 20.8 Å². The summed E-state index contributed by atoms with van der Waals surface area (Å²) in [6, 6.07) is -0.978. The molecule has 0 aromatic rings. The molecule has 194 valence electrons. The van der Waals surface area contributed by atoms with Crippen LogP contribution in [0.25, 0.3) is 0 Å². The molecule has 4 N–H and O–H groups in total. The van der Waals surface area contributed by atoms with Crippen molar-refractivity contribution in [3.05, 3.63) is 12.2 Å². The van der Waals surface area contributed by atoms with Gasteiger partial charge in [0.15, 0.2) is 0 Å². The number of ether oxygens (including phenoxy) is 1. The summed E-state index contributed by atoms with van der Waals surface area (Å²) in [5.41, 5.74) is -0.165. The molecule has 9 heteroatoms. The summed E-state index contributed by atoms with van der Waals surface area (Å²) in [7, 11) is 0. The lowest BCUT2D eigenvalue weighted by Gasteiger charge is -2.23. The van der Waals surface area contributed by atoms with Gasteiger partial charge in [0, 0.05) is 6.42 Å². The van der Waals surface area contributed by atoms with Crippen molar-refractivity contribution in [2.24, 2.45) is 17.3 Å². The molecular formula is C25H42N2O7. The van der Waals surface area contributed by atoms with Crippen LogP contribution in [-0.2, 0) is 23.9 Å². The van der Waals surface area contributed by atoms with Gasteiger partial charge in [-0.2, -0.15) is 0 Å². The predicted molar refractivity (Wildman–Crippen MR) is 128 cm³/mol. The van der Waals surface area contributed by atoms with Crippen LogP contribution in [0.15, 0.2) is 12.2 Å². The molecular weight excluding hydrogens is 440 g/mol. The maximum absolute atomic E-state index is 12.4. The van der Waals surface area contributed by atoms with Crippen LogP contribution in [0.4, 0.5) is 0 Å². The van der Waals surface area contributed by atoms with E-state index in [0.29, 0.717) is 6.29 Å². The summed E-state index contributed by atoms with van der Waals surface area (Å²) in [6.45, 7) is 9.06. The zero-order valence-corrected chi connectivity index (χ0v) is 21.1. The molecule has 1 fully saturated rings. The summed E-state index contributed by atoms with van der Waals surface area (Å²) in [5, 5.41) is 25.3. The predicted octanol–water partition coefficient (Wildman–Crippen LogP) is 1.65. The Morgan fingerprint density at radius 2 is 1.68 bits per heavy atom. The highest BCUT2D eigenvalue weighted by atomic mass is 16.5. The topological polar surface area (TPSA) is 142 Å². The van der Waals surface area contributed by atoms with E-state index in [1.165, 1.54) is 13.0 Å². The number of hydrogen-bond acceptors (Lipinski definition) is 7. The van der Waals surface area contributed by atoms with Gasteiger partial charge in [-0.25, -0.2) is 0 Å². The summed E-state index contributed by atoms with van der Waals surface area (Å²) < 4.78 is 5.42. The highest BCUT2D eigenvalue weighted by Gasteiger charge is 2.30. The van der Waals surface area contributed by atoms with Crippen molar-refractivity contribution in [1.82, 2.24) is 10.6 Å². The Labute approximate surface area is 202 Å². The first kappa shape index (κ1) is 29.8. The average molecular weight is 483 g/mol. The zero-order valence-electron chi connectivity index (χ0n) is 21.1. The van der Waals surface area contributed by atoms with Gasteiger partial charge in [0.25, 0.3) is 0 Å². The van der Waals surface area contributed by atoms with E-state index in [0.717, 1.165) is 32.1 Å². The lowest BCUT2D eigenvalue weighted by molar-refractivity contribution is -0.154. The van der Waals surface area contributed by atoms with Crippen molar-refractivity contribution in [2.45, 2.75) is 97.5 Å². The molecule has 0 heterocycles. The molecule has 1 rings (SSSR count). The molecule has 2 amide bonds. The number of carbonyl (C=O) groups is 4. The van der Waals surface area contributed by atoms with Crippen LogP contribution in [0.3, 0.4) is 0 Å². The summed E-state index contributed by atoms with van der Waals surface area (Å²) in [6.07, 6.45) is 5.27. The Kier molecular flexibility index (Phi) is 12.4. The van der Waals surface area contributed by atoms with Gasteiger partial charge in [0.1, 0.15) is 24.3 Å². The SMILES string of the molecule is CC(CNC(=O)[C@H](C)NC(=O)[C@H](C=O)[C@H](O)C[C@H](O)/C=C/C(C)(C)C)OC(=O)C1CCCCC1. The lowest BCUT2D eigenvalue weighted by Crippen LogP contribution is -2.50. The zero-order chi connectivity index (χ0) is 25.9. The number of aliphatic hydroxyl groups is 2. The second kappa shape index (κ2) is 14.2. The minimum absolute atomic E-state index is 0.0840. The van der Waals surface area contributed by atoms with Crippen molar-refractivity contribution in [1.29, 1.82) is 0 Å². The minimum atomic E-state index is -1.43. The Balaban J connectivity index is 2.47. The summed E-state index contributed by atoms with van der Waals surface area (Å²) >= 11 is 0. The van der Waals surface area contributed by atoms with E-state index in [-0.39, 0.29) is 30.3 Å². The third kappa shape index (κ3) is 11.2. The van der Waals surface area contributed by atoms with E-state index in [1.54, 1.807) is 13.0 Å². The molecule has 0 aliphatic heterocycles. The van der Waals surface area contributed by atoms with E-state index in [4.69, 9.17) is 4.74 Å². The molecule has 0 aromatic heterocycles. The Morgan fingerprint density at radius 1 is 1.06 bits per heavy atom. The number of carbonyl (C=O) groups excluding carboxylic acids is 4. The highest BCUT2D eigenvalue weighted by Crippen LogP contribution is 2.25. The van der Waals surface area contributed by atoms with Crippen molar-refractivity contribution in [3.8, 4) is 0 Å². The largest absolute Gasteiger partial charge is 0.461 e. The number of esters is 1. The smallest absolute Gasteiger partial charge is 0.309 e. The van der Waals surface area contributed by atoms with Gasteiger partial charge in [-0.15, -0.1) is 0 Å². The average Bonchev–Trinajstić information content (AvgIpc) is 2.76. The molecule has 1 saturated carbocycles. The summed E-state index contributed by atoms with van der Waals surface area (Å²) in [4.78, 5) is 48.4. The molecule has 0 radical (unpaired) electrons. The minimum Gasteiger partial charge on any atom is -0.461 e. The Bertz CT molecular complexity index is 711. The molecule has 1 aliphatic carbocycles. The summed E-state index contributed by atoms with van der Waals surface area (Å²) in [5.74, 6) is -3.08. The third-order valence-electron chi connectivity index (χ3n) is 5.74. The molecule has 0 saturated heterocycles. The fourth-order valence-corrected chi connectivity index (χ4v) is 3.65. The van der Waals surface area contributed by atoms with Crippen LogP contribution < -0.4 is 10.6 Å². The first-order valence-corrected chi connectivity index (χ1v) is 12.1. The molecule has 5 atom stereocenters. The second-order valence-corrected chi connectivity index (χ2v) is 10.3. The first-order chi connectivity index (χ1) is 15.8. The van der Waals surface area contributed by atoms with E-state index < -0.39 is 42.1 Å². The number of allylic oxidation sites excluding steroid dienone is 1. The normalized spacial score (nSPS) is 19.5. The monoisotopic (exact) mass is 482 g/mol. The van der Waals surface area contributed by atoms with Crippen LogP contribution in [0, 0.1) is 17.3 Å². The van der Waals surface area contributed by atoms with Gasteiger partial charge in [0.05, 0.1) is 24.7 Å². The van der Waals surface area contributed by atoms with Crippen LogP contribution in [0.2, 0.25) is 0 Å².